The molecular formula is C14H11N4O2S. The fraction of sp³-hybridized carbons (Fsp3) is 0. The second-order valence-electron chi connectivity index (χ2n) is 4.40. The fourth-order valence-electron chi connectivity index (χ4n) is 2.13. The van der Waals surface area contributed by atoms with Crippen molar-refractivity contribution < 1.29 is 9.59 Å². The van der Waals surface area contributed by atoms with Gasteiger partial charge in [-0.05, 0) is 18.2 Å². The van der Waals surface area contributed by atoms with Gasteiger partial charge in [-0.2, -0.15) is 0 Å². The van der Waals surface area contributed by atoms with Crippen LogP contribution in [0.1, 0.15) is 15.2 Å². The van der Waals surface area contributed by atoms with Gasteiger partial charge in [0.1, 0.15) is 5.65 Å². The van der Waals surface area contributed by atoms with E-state index in [-0.39, 0.29) is 5.56 Å². The molecule has 0 unspecified atom stereocenters. The highest BCUT2D eigenvalue weighted by atomic mass is 32.1. The first kappa shape index (κ1) is 13.3. The van der Waals surface area contributed by atoms with Gasteiger partial charge in [-0.1, -0.05) is 0 Å². The molecule has 21 heavy (non-hydrogen) atoms. The van der Waals surface area contributed by atoms with Crippen molar-refractivity contribution in [2.24, 2.45) is 11.5 Å². The van der Waals surface area contributed by atoms with Crippen LogP contribution >= 0.6 is 11.3 Å². The number of thiophene rings is 1. The van der Waals surface area contributed by atoms with Crippen LogP contribution in [0.4, 0.5) is 0 Å². The highest BCUT2D eigenvalue weighted by Crippen LogP contribution is 2.36. The van der Waals surface area contributed by atoms with Crippen LogP contribution in [0.15, 0.2) is 30.6 Å². The Kier molecular flexibility index (Phi) is 3.19. The van der Waals surface area contributed by atoms with Gasteiger partial charge in [-0.3, -0.25) is 9.59 Å². The molecule has 3 aromatic rings. The normalized spacial score (nSPS) is 10.9. The third kappa shape index (κ3) is 2.38. The van der Waals surface area contributed by atoms with E-state index in [1.807, 2.05) is 18.3 Å². The number of primary amides is 2. The second-order valence-corrected chi connectivity index (χ2v) is 5.49. The number of fused-ring (bicyclic) bond motifs is 1. The van der Waals surface area contributed by atoms with Gasteiger partial charge in [0, 0.05) is 33.1 Å². The smallest absolute Gasteiger partial charge is 0.249 e. The predicted octanol–water partition coefficient (Wildman–Crippen LogP) is 1.43. The van der Waals surface area contributed by atoms with Crippen molar-refractivity contribution in [3.8, 4) is 10.4 Å². The summed E-state index contributed by atoms with van der Waals surface area (Å²) in [6.45, 7) is 0. The molecule has 0 bridgehead atoms. The Morgan fingerprint density at radius 2 is 2.14 bits per heavy atom. The van der Waals surface area contributed by atoms with E-state index in [1.165, 1.54) is 17.8 Å². The molecule has 6 nitrogen and oxygen atoms in total. The second kappa shape index (κ2) is 5.02. The largest absolute Gasteiger partial charge is 0.369 e. The summed E-state index contributed by atoms with van der Waals surface area (Å²) in [4.78, 5) is 31.1. The maximum absolute atomic E-state index is 11.5. The minimum Gasteiger partial charge on any atom is -0.369 e. The minimum absolute atomic E-state index is 0.284. The van der Waals surface area contributed by atoms with Crippen molar-refractivity contribution in [2.75, 3.05) is 0 Å². The monoisotopic (exact) mass is 299 g/mol. The average molecular weight is 299 g/mol. The van der Waals surface area contributed by atoms with Crippen molar-refractivity contribution in [3.05, 3.63) is 47.5 Å². The Bertz CT molecular complexity index is 850. The maximum Gasteiger partial charge on any atom is 0.249 e. The van der Waals surface area contributed by atoms with E-state index in [9.17, 15) is 9.59 Å². The molecule has 0 saturated carbocycles. The summed E-state index contributed by atoms with van der Waals surface area (Å²) >= 11 is 1.28. The van der Waals surface area contributed by atoms with Gasteiger partial charge >= 0.3 is 0 Å². The summed E-state index contributed by atoms with van der Waals surface area (Å²) in [6, 6.07) is 5.42. The fourth-order valence-corrected chi connectivity index (χ4v) is 3.26. The van der Waals surface area contributed by atoms with E-state index in [2.05, 4.69) is 9.97 Å². The van der Waals surface area contributed by atoms with Crippen LogP contribution in [0.5, 0.6) is 0 Å². The number of nitrogens with zero attached hydrogens (tertiary/aromatic N) is 1. The van der Waals surface area contributed by atoms with E-state index in [0.717, 1.165) is 21.5 Å². The molecule has 0 aliphatic heterocycles. The van der Waals surface area contributed by atoms with E-state index in [0.29, 0.717) is 4.88 Å². The first-order valence-electron chi connectivity index (χ1n) is 6.06. The number of aromatic amines is 1. The standard InChI is InChI=1S/C14H11N4O2S/c15-12(19)5-11-8(13(16)20)4-10(21-11)9-6-18-14-7(9)2-1-3-17-14/h1-6H,(H2,15,19)(H2,16,20)(H,17,18). The lowest BCUT2D eigenvalue weighted by atomic mass is 10.1. The van der Waals surface area contributed by atoms with E-state index >= 15 is 0 Å². The molecule has 1 radical (unpaired) electrons. The number of carbonyl (C=O) groups is 2. The molecule has 3 heterocycles. The van der Waals surface area contributed by atoms with Gasteiger partial charge in [0.2, 0.25) is 11.8 Å². The Hall–Kier alpha value is -2.67. The highest BCUT2D eigenvalue weighted by molar-refractivity contribution is 7.16. The first-order valence-corrected chi connectivity index (χ1v) is 6.88. The van der Waals surface area contributed by atoms with Crippen LogP contribution < -0.4 is 11.5 Å². The lowest BCUT2D eigenvalue weighted by Gasteiger charge is -1.94. The number of nitrogens with two attached hydrogens (primary N) is 2. The quantitative estimate of drug-likeness (QED) is 0.676. The number of carbonyl (C=O) groups excluding carboxylic acids is 2. The van der Waals surface area contributed by atoms with Crippen LogP contribution in [-0.4, -0.2) is 21.8 Å². The van der Waals surface area contributed by atoms with Gasteiger partial charge in [0.15, 0.2) is 0 Å². The molecular weight excluding hydrogens is 288 g/mol. The number of aromatic nitrogens is 2. The topological polar surface area (TPSA) is 115 Å². The van der Waals surface area contributed by atoms with Crippen LogP contribution in [0.3, 0.4) is 0 Å². The molecule has 0 saturated heterocycles. The molecule has 3 aromatic heterocycles. The Labute approximate surface area is 123 Å². The molecule has 3 rings (SSSR count). The van der Waals surface area contributed by atoms with Gasteiger partial charge in [0.05, 0.1) is 12.0 Å². The molecule has 0 fully saturated rings. The summed E-state index contributed by atoms with van der Waals surface area (Å²) in [5, 5.41) is 0.931. The number of hydrogen-bond acceptors (Lipinski definition) is 4. The van der Waals surface area contributed by atoms with Crippen molar-refractivity contribution >= 4 is 34.2 Å². The molecule has 0 aliphatic carbocycles. The zero-order chi connectivity index (χ0) is 15.0. The van der Waals surface area contributed by atoms with E-state index in [1.54, 1.807) is 12.3 Å². The van der Waals surface area contributed by atoms with Crippen LogP contribution in [0.2, 0.25) is 0 Å². The van der Waals surface area contributed by atoms with Crippen molar-refractivity contribution in [1.29, 1.82) is 0 Å². The van der Waals surface area contributed by atoms with E-state index in [4.69, 9.17) is 11.5 Å². The minimum atomic E-state index is -0.619. The van der Waals surface area contributed by atoms with Gasteiger partial charge in [-0.15, -0.1) is 11.3 Å². The lowest BCUT2D eigenvalue weighted by molar-refractivity contribution is -0.114. The molecule has 0 atom stereocenters. The summed E-state index contributed by atoms with van der Waals surface area (Å²) in [5.74, 6) is -1.21. The number of nitrogens with one attached hydrogen (secondary N) is 1. The third-order valence-corrected chi connectivity index (χ3v) is 4.13. The number of hydrogen-bond donors (Lipinski definition) is 3. The first-order chi connectivity index (χ1) is 10.1. The van der Waals surface area contributed by atoms with Crippen LogP contribution in [0, 0.1) is 6.42 Å². The Morgan fingerprint density at radius 3 is 2.86 bits per heavy atom. The highest BCUT2D eigenvalue weighted by Gasteiger charge is 2.18. The molecule has 5 N–H and O–H groups in total. The van der Waals surface area contributed by atoms with Gasteiger partial charge in [-0.25, -0.2) is 4.98 Å². The van der Waals surface area contributed by atoms with E-state index < -0.39 is 11.8 Å². The number of pyridine rings is 1. The molecule has 105 valence electrons. The zero-order valence-corrected chi connectivity index (χ0v) is 11.6. The van der Waals surface area contributed by atoms with Crippen molar-refractivity contribution in [2.45, 2.75) is 0 Å². The number of rotatable bonds is 4. The SMILES string of the molecule is NC(=O)[CH]c1sc(-c2c[nH]c3ncccc23)cc1C(N)=O. The molecule has 0 spiro atoms. The molecule has 0 aromatic carbocycles. The maximum atomic E-state index is 11.5. The number of H-pyrrole nitrogens is 1. The lowest BCUT2D eigenvalue weighted by Crippen LogP contribution is -2.15. The average Bonchev–Trinajstić information content (AvgIpc) is 3.01. The Balaban J connectivity index is 2.14. The molecule has 0 aliphatic rings. The zero-order valence-electron chi connectivity index (χ0n) is 10.8. The molecule has 2 amide bonds. The summed E-state index contributed by atoms with van der Waals surface area (Å²) in [5.41, 5.74) is 12.4. The van der Waals surface area contributed by atoms with Gasteiger partial charge < -0.3 is 16.5 Å². The van der Waals surface area contributed by atoms with Crippen LogP contribution in [0.25, 0.3) is 21.5 Å². The summed E-state index contributed by atoms with van der Waals surface area (Å²) < 4.78 is 0. The number of amides is 2. The third-order valence-electron chi connectivity index (χ3n) is 3.02. The van der Waals surface area contributed by atoms with Gasteiger partial charge in [0.25, 0.3) is 0 Å². The summed E-state index contributed by atoms with van der Waals surface area (Å²) in [6.07, 6.45) is 4.71. The Morgan fingerprint density at radius 1 is 1.33 bits per heavy atom. The van der Waals surface area contributed by atoms with Crippen molar-refractivity contribution in [3.63, 3.8) is 0 Å². The predicted molar refractivity (Wildman–Crippen MR) is 80.5 cm³/mol. The van der Waals surface area contributed by atoms with Crippen molar-refractivity contribution in [1.82, 2.24) is 9.97 Å². The summed E-state index contributed by atoms with van der Waals surface area (Å²) in [7, 11) is 0. The molecule has 7 heteroatoms. The van der Waals surface area contributed by atoms with Crippen LogP contribution in [-0.2, 0) is 4.79 Å².